The minimum absolute atomic E-state index is 0.212. The highest BCUT2D eigenvalue weighted by atomic mass is 14.4. The lowest BCUT2D eigenvalue weighted by molar-refractivity contribution is 0.225. The molecule has 0 fully saturated rings. The molecule has 0 amide bonds. The first-order valence-electron chi connectivity index (χ1n) is 5.73. The van der Waals surface area contributed by atoms with Gasteiger partial charge in [-0.25, -0.2) is 0 Å². The van der Waals surface area contributed by atoms with Gasteiger partial charge in [0.25, 0.3) is 0 Å². The Morgan fingerprint density at radius 1 is 0.733 bits per heavy atom. The van der Waals surface area contributed by atoms with E-state index in [4.69, 9.17) is 0 Å². The zero-order valence-corrected chi connectivity index (χ0v) is 11.2. The van der Waals surface area contributed by atoms with Crippen molar-refractivity contribution in [1.29, 1.82) is 0 Å². The predicted octanol–water partition coefficient (Wildman–Crippen LogP) is 4.63. The Bertz CT molecular complexity index is 331. The summed E-state index contributed by atoms with van der Waals surface area (Å²) in [6.45, 7) is 16.0. The van der Waals surface area contributed by atoms with E-state index >= 15 is 0 Å². The Balaban J connectivity index is 3.27. The van der Waals surface area contributed by atoms with Crippen LogP contribution in [0.2, 0.25) is 0 Å². The average Bonchev–Trinajstić information content (AvgIpc) is 1.99. The van der Waals surface area contributed by atoms with Crippen LogP contribution >= 0.6 is 0 Å². The van der Waals surface area contributed by atoms with Gasteiger partial charge in [-0.15, -0.1) is 0 Å². The van der Waals surface area contributed by atoms with E-state index in [1.807, 2.05) is 0 Å². The maximum absolute atomic E-state index is 2.33. The normalized spacial score (nSPS) is 13.0. The van der Waals surface area contributed by atoms with E-state index < -0.39 is 0 Å². The van der Waals surface area contributed by atoms with Crippen molar-refractivity contribution in [2.24, 2.45) is 5.41 Å². The quantitative estimate of drug-likeness (QED) is 0.626. The molecule has 1 rings (SSSR count). The third-order valence-corrected chi connectivity index (χ3v) is 3.82. The number of hydrogen-bond acceptors (Lipinski definition) is 0. The van der Waals surface area contributed by atoms with Crippen molar-refractivity contribution >= 4 is 0 Å². The standard InChI is InChI=1S/C15H24/c1-11-8-12(2)10-13(9-11)15(6,7)14(3,4)5/h8-10H,1-7H3. The van der Waals surface area contributed by atoms with E-state index in [1.54, 1.807) is 0 Å². The van der Waals surface area contributed by atoms with Crippen LogP contribution in [0.4, 0.5) is 0 Å². The fourth-order valence-electron chi connectivity index (χ4n) is 1.77. The van der Waals surface area contributed by atoms with Crippen molar-refractivity contribution in [3.8, 4) is 0 Å². The van der Waals surface area contributed by atoms with Crippen molar-refractivity contribution in [2.45, 2.75) is 53.9 Å². The number of rotatable bonds is 1. The first kappa shape index (κ1) is 12.3. The van der Waals surface area contributed by atoms with Crippen molar-refractivity contribution in [2.75, 3.05) is 0 Å². The molecule has 0 unspecified atom stereocenters. The Kier molecular flexibility index (Phi) is 3.00. The molecule has 0 saturated carbocycles. The zero-order valence-electron chi connectivity index (χ0n) is 11.2. The maximum Gasteiger partial charge on any atom is -0.00549 e. The fourth-order valence-corrected chi connectivity index (χ4v) is 1.77. The molecule has 0 nitrogen and oxygen atoms in total. The summed E-state index contributed by atoms with van der Waals surface area (Å²) in [5.41, 5.74) is 4.67. The molecule has 0 saturated heterocycles. The molecular weight excluding hydrogens is 180 g/mol. The molecule has 1 aromatic carbocycles. The number of hydrogen-bond donors (Lipinski definition) is 0. The third kappa shape index (κ3) is 2.42. The van der Waals surface area contributed by atoms with E-state index in [0.29, 0.717) is 0 Å². The number of benzene rings is 1. The molecule has 0 spiro atoms. The highest BCUT2D eigenvalue weighted by molar-refractivity contribution is 5.34. The van der Waals surface area contributed by atoms with Crippen LogP contribution in [0.25, 0.3) is 0 Å². The first-order valence-corrected chi connectivity index (χ1v) is 5.73. The van der Waals surface area contributed by atoms with E-state index in [0.717, 1.165) is 0 Å². The number of aryl methyl sites for hydroxylation is 2. The zero-order chi connectivity index (χ0) is 11.9. The van der Waals surface area contributed by atoms with Crippen LogP contribution in [0.1, 0.15) is 51.3 Å². The predicted molar refractivity (Wildman–Crippen MR) is 68.4 cm³/mol. The highest BCUT2D eigenvalue weighted by Crippen LogP contribution is 2.41. The minimum Gasteiger partial charge on any atom is -0.0593 e. The molecule has 15 heavy (non-hydrogen) atoms. The Morgan fingerprint density at radius 2 is 1.13 bits per heavy atom. The maximum atomic E-state index is 2.33. The Labute approximate surface area is 94.7 Å². The molecule has 0 heteroatoms. The van der Waals surface area contributed by atoms with Gasteiger partial charge in [0.1, 0.15) is 0 Å². The summed E-state index contributed by atoms with van der Waals surface area (Å²) in [7, 11) is 0. The molecule has 1 aromatic rings. The van der Waals surface area contributed by atoms with Gasteiger partial charge in [-0.1, -0.05) is 63.9 Å². The SMILES string of the molecule is Cc1cc(C)cc(C(C)(C)C(C)(C)C)c1. The second-order valence-corrected chi connectivity index (χ2v) is 6.25. The Hall–Kier alpha value is -0.780. The van der Waals surface area contributed by atoms with Gasteiger partial charge in [0.15, 0.2) is 0 Å². The van der Waals surface area contributed by atoms with Crippen LogP contribution < -0.4 is 0 Å². The van der Waals surface area contributed by atoms with Crippen LogP contribution in [0.3, 0.4) is 0 Å². The van der Waals surface area contributed by atoms with Crippen molar-refractivity contribution < 1.29 is 0 Å². The van der Waals surface area contributed by atoms with Crippen LogP contribution in [0.15, 0.2) is 18.2 Å². The lowest BCUT2D eigenvalue weighted by Crippen LogP contribution is -2.34. The summed E-state index contributed by atoms with van der Waals surface area (Å²) in [5, 5.41) is 0. The van der Waals surface area contributed by atoms with Gasteiger partial charge in [0.2, 0.25) is 0 Å². The molecule has 0 aliphatic rings. The van der Waals surface area contributed by atoms with Crippen LogP contribution in [-0.4, -0.2) is 0 Å². The van der Waals surface area contributed by atoms with Crippen LogP contribution in [-0.2, 0) is 5.41 Å². The molecule has 84 valence electrons. The van der Waals surface area contributed by atoms with Crippen LogP contribution in [0.5, 0.6) is 0 Å². The van der Waals surface area contributed by atoms with E-state index in [1.165, 1.54) is 16.7 Å². The smallest absolute Gasteiger partial charge is 0.00549 e. The second kappa shape index (κ2) is 3.66. The molecule has 0 bridgehead atoms. The third-order valence-electron chi connectivity index (χ3n) is 3.82. The van der Waals surface area contributed by atoms with Crippen molar-refractivity contribution in [1.82, 2.24) is 0 Å². The first-order chi connectivity index (χ1) is 6.64. The lowest BCUT2D eigenvalue weighted by atomic mass is 9.65. The summed E-state index contributed by atoms with van der Waals surface area (Å²) in [4.78, 5) is 0. The molecule has 0 heterocycles. The molecule has 0 N–H and O–H groups in total. The fraction of sp³-hybridized carbons (Fsp3) is 0.600. The van der Waals surface area contributed by atoms with E-state index in [-0.39, 0.29) is 10.8 Å². The van der Waals surface area contributed by atoms with Gasteiger partial charge < -0.3 is 0 Å². The molecule has 0 aliphatic heterocycles. The van der Waals surface area contributed by atoms with Gasteiger partial charge in [-0.05, 0) is 30.2 Å². The molecular formula is C15H24. The largest absolute Gasteiger partial charge is 0.0593 e. The van der Waals surface area contributed by atoms with Gasteiger partial charge in [-0.3, -0.25) is 0 Å². The minimum atomic E-state index is 0.212. The molecule has 0 aliphatic carbocycles. The topological polar surface area (TPSA) is 0 Å². The van der Waals surface area contributed by atoms with Gasteiger partial charge in [0, 0.05) is 0 Å². The monoisotopic (exact) mass is 204 g/mol. The van der Waals surface area contributed by atoms with Crippen LogP contribution in [0, 0.1) is 19.3 Å². The van der Waals surface area contributed by atoms with Gasteiger partial charge >= 0.3 is 0 Å². The molecule has 0 atom stereocenters. The van der Waals surface area contributed by atoms with E-state index in [2.05, 4.69) is 66.7 Å². The second-order valence-electron chi connectivity index (χ2n) is 6.25. The van der Waals surface area contributed by atoms with Crippen molar-refractivity contribution in [3.63, 3.8) is 0 Å². The van der Waals surface area contributed by atoms with Crippen molar-refractivity contribution in [3.05, 3.63) is 34.9 Å². The van der Waals surface area contributed by atoms with Gasteiger partial charge in [0.05, 0.1) is 0 Å². The molecule has 0 radical (unpaired) electrons. The molecule has 0 aromatic heterocycles. The summed E-state index contributed by atoms with van der Waals surface area (Å²) in [6.07, 6.45) is 0. The lowest BCUT2D eigenvalue weighted by Gasteiger charge is -2.39. The Morgan fingerprint density at radius 3 is 1.47 bits per heavy atom. The van der Waals surface area contributed by atoms with Gasteiger partial charge in [-0.2, -0.15) is 0 Å². The van der Waals surface area contributed by atoms with E-state index in [9.17, 15) is 0 Å². The average molecular weight is 204 g/mol. The summed E-state index contributed by atoms with van der Waals surface area (Å²) in [6, 6.07) is 6.87. The summed E-state index contributed by atoms with van der Waals surface area (Å²) < 4.78 is 0. The summed E-state index contributed by atoms with van der Waals surface area (Å²) in [5.74, 6) is 0. The highest BCUT2D eigenvalue weighted by Gasteiger charge is 2.34. The summed E-state index contributed by atoms with van der Waals surface area (Å²) >= 11 is 0.